The molecule has 0 aliphatic carbocycles. The van der Waals surface area contributed by atoms with Crippen LogP contribution in [0.1, 0.15) is 18.1 Å². The first-order valence-electron chi connectivity index (χ1n) is 7.84. The van der Waals surface area contributed by atoms with Gasteiger partial charge in [0.05, 0.1) is 18.4 Å². The quantitative estimate of drug-likeness (QED) is 0.597. The number of benzene rings is 2. The third-order valence-electron chi connectivity index (χ3n) is 4.27. The van der Waals surface area contributed by atoms with Crippen LogP contribution in [0.2, 0.25) is 5.02 Å². The molecule has 0 saturated carbocycles. The molecule has 2 aromatic carbocycles. The van der Waals surface area contributed by atoms with Crippen molar-refractivity contribution >= 4 is 40.4 Å². The largest absolute Gasteiger partial charge is 0.495 e. The van der Waals surface area contributed by atoms with Gasteiger partial charge >= 0.3 is 0 Å². The lowest BCUT2D eigenvalue weighted by molar-refractivity contribution is -0.122. The minimum Gasteiger partial charge on any atom is -0.495 e. The number of hydrogen-bond acceptors (Lipinski definition) is 5. The molecular weight excluding hydrogens is 358 g/mol. The van der Waals surface area contributed by atoms with Crippen LogP contribution in [0.4, 0.5) is 5.69 Å². The summed E-state index contributed by atoms with van der Waals surface area (Å²) in [5.41, 5.74) is 1.98. The molecule has 4 rings (SSSR count). The molecular formula is C19H14ClNO5. The highest BCUT2D eigenvalue weighted by Gasteiger charge is 2.38. The lowest BCUT2D eigenvalue weighted by Gasteiger charge is -2.13. The van der Waals surface area contributed by atoms with Gasteiger partial charge in [0, 0.05) is 23.1 Å². The molecule has 2 aliphatic heterocycles. The second kappa shape index (κ2) is 6.07. The number of amides is 2. The van der Waals surface area contributed by atoms with Gasteiger partial charge in [0.15, 0.2) is 11.5 Å². The molecule has 0 fully saturated rings. The van der Waals surface area contributed by atoms with Crippen molar-refractivity contribution in [2.24, 2.45) is 0 Å². The Morgan fingerprint density at radius 1 is 1.15 bits per heavy atom. The van der Waals surface area contributed by atoms with Gasteiger partial charge in [0.1, 0.15) is 5.76 Å². The summed E-state index contributed by atoms with van der Waals surface area (Å²) in [6.07, 6.45) is 0. The first-order valence-corrected chi connectivity index (χ1v) is 8.22. The predicted octanol–water partition coefficient (Wildman–Crippen LogP) is 3.48. The van der Waals surface area contributed by atoms with Crippen molar-refractivity contribution in [2.45, 2.75) is 6.92 Å². The first kappa shape index (κ1) is 16.5. The molecule has 0 atom stereocenters. The van der Waals surface area contributed by atoms with E-state index in [9.17, 15) is 9.59 Å². The third kappa shape index (κ3) is 2.42. The number of nitrogens with zero attached hydrogens (tertiary/aromatic N) is 1. The summed E-state index contributed by atoms with van der Waals surface area (Å²) in [7, 11) is 1.48. The van der Waals surface area contributed by atoms with Crippen molar-refractivity contribution in [2.75, 3.05) is 18.8 Å². The number of halogens is 1. The monoisotopic (exact) mass is 371 g/mol. The van der Waals surface area contributed by atoms with Gasteiger partial charge in [0.25, 0.3) is 5.91 Å². The first-order chi connectivity index (χ1) is 12.5. The number of rotatable bonds is 2. The molecule has 2 aliphatic rings. The Hall–Kier alpha value is -2.99. The second-order valence-electron chi connectivity index (χ2n) is 5.80. The van der Waals surface area contributed by atoms with E-state index in [2.05, 4.69) is 0 Å². The Balaban J connectivity index is 1.94. The summed E-state index contributed by atoms with van der Waals surface area (Å²) in [6.45, 7) is 1.48. The Labute approximate surface area is 154 Å². The minimum absolute atomic E-state index is 0.149. The average Bonchev–Trinajstić information content (AvgIpc) is 3.17. The fourth-order valence-electron chi connectivity index (χ4n) is 3.17. The van der Waals surface area contributed by atoms with E-state index >= 15 is 0 Å². The number of methoxy groups -OCH3 is 1. The van der Waals surface area contributed by atoms with E-state index in [0.29, 0.717) is 44.7 Å². The molecule has 26 heavy (non-hydrogen) atoms. The fourth-order valence-corrected chi connectivity index (χ4v) is 3.34. The number of fused-ring (bicyclic) bond motifs is 2. The summed E-state index contributed by atoms with van der Waals surface area (Å²) in [4.78, 5) is 26.1. The predicted molar refractivity (Wildman–Crippen MR) is 96.0 cm³/mol. The van der Waals surface area contributed by atoms with Crippen molar-refractivity contribution in [1.82, 2.24) is 0 Å². The maximum Gasteiger partial charge on any atom is 0.269 e. The average molecular weight is 372 g/mol. The molecule has 2 heterocycles. The summed E-state index contributed by atoms with van der Waals surface area (Å²) in [6, 6.07) is 10.2. The standard InChI is InChI=1S/C19H14ClNO5/c1-10(22)21-14-8-12(20)4-5-13(14)17(19(21)23)18(24-2)11-3-6-15-16(7-11)26-9-25-15/h3-8H,9H2,1-2H3. The summed E-state index contributed by atoms with van der Waals surface area (Å²) >= 11 is 6.06. The smallest absolute Gasteiger partial charge is 0.269 e. The van der Waals surface area contributed by atoms with Crippen LogP contribution in [0, 0.1) is 0 Å². The van der Waals surface area contributed by atoms with Crippen LogP contribution in [0.25, 0.3) is 11.3 Å². The fraction of sp³-hybridized carbons (Fsp3) is 0.158. The summed E-state index contributed by atoms with van der Waals surface area (Å²) in [5.74, 6) is 0.701. The maximum atomic E-state index is 13.0. The van der Waals surface area contributed by atoms with E-state index in [1.807, 2.05) is 0 Å². The molecule has 0 N–H and O–H groups in total. The Kier molecular flexibility index (Phi) is 3.85. The second-order valence-corrected chi connectivity index (χ2v) is 6.23. The van der Waals surface area contributed by atoms with Gasteiger partial charge in [-0.3, -0.25) is 9.59 Å². The van der Waals surface area contributed by atoms with Crippen molar-refractivity contribution < 1.29 is 23.8 Å². The Morgan fingerprint density at radius 3 is 2.65 bits per heavy atom. The lowest BCUT2D eigenvalue weighted by Crippen LogP contribution is -2.31. The van der Waals surface area contributed by atoms with Crippen LogP contribution in [0.15, 0.2) is 36.4 Å². The zero-order chi connectivity index (χ0) is 18.4. The van der Waals surface area contributed by atoms with E-state index in [-0.39, 0.29) is 6.79 Å². The molecule has 0 bridgehead atoms. The van der Waals surface area contributed by atoms with Gasteiger partial charge < -0.3 is 14.2 Å². The van der Waals surface area contributed by atoms with Gasteiger partial charge in [-0.25, -0.2) is 4.90 Å². The highest BCUT2D eigenvalue weighted by atomic mass is 35.5. The molecule has 0 aromatic heterocycles. The van der Waals surface area contributed by atoms with Crippen LogP contribution >= 0.6 is 11.6 Å². The zero-order valence-corrected chi connectivity index (χ0v) is 14.8. The number of carbonyl (C=O) groups is 2. The molecule has 2 amide bonds. The van der Waals surface area contributed by atoms with E-state index < -0.39 is 11.8 Å². The molecule has 7 heteroatoms. The molecule has 0 saturated heterocycles. The topological polar surface area (TPSA) is 65.1 Å². The SMILES string of the molecule is COC(=C1C(=O)N(C(C)=O)c2cc(Cl)ccc21)c1ccc2c(c1)OCO2. The van der Waals surface area contributed by atoms with Gasteiger partial charge in [-0.1, -0.05) is 17.7 Å². The van der Waals surface area contributed by atoms with Crippen LogP contribution in [0.3, 0.4) is 0 Å². The summed E-state index contributed by atoms with van der Waals surface area (Å²) in [5, 5.41) is 0.436. The number of carbonyl (C=O) groups excluding carboxylic acids is 2. The van der Waals surface area contributed by atoms with Crippen molar-refractivity contribution in [3.63, 3.8) is 0 Å². The van der Waals surface area contributed by atoms with Crippen molar-refractivity contribution in [3.05, 3.63) is 52.5 Å². The molecule has 0 spiro atoms. The maximum absolute atomic E-state index is 13.0. The lowest BCUT2D eigenvalue weighted by atomic mass is 10.0. The highest BCUT2D eigenvalue weighted by molar-refractivity contribution is 6.43. The van der Waals surface area contributed by atoms with Crippen molar-refractivity contribution in [3.8, 4) is 11.5 Å². The number of hydrogen-bond donors (Lipinski definition) is 0. The molecule has 132 valence electrons. The van der Waals surface area contributed by atoms with Crippen LogP contribution < -0.4 is 14.4 Å². The Morgan fingerprint density at radius 2 is 1.92 bits per heavy atom. The third-order valence-corrected chi connectivity index (χ3v) is 4.50. The van der Waals surface area contributed by atoms with E-state index in [1.54, 1.807) is 36.4 Å². The van der Waals surface area contributed by atoms with Gasteiger partial charge in [-0.15, -0.1) is 0 Å². The van der Waals surface area contributed by atoms with E-state index in [0.717, 1.165) is 4.90 Å². The Bertz CT molecular complexity index is 982. The van der Waals surface area contributed by atoms with Gasteiger partial charge in [-0.2, -0.15) is 0 Å². The van der Waals surface area contributed by atoms with E-state index in [4.69, 9.17) is 25.8 Å². The number of anilines is 1. The van der Waals surface area contributed by atoms with Crippen molar-refractivity contribution in [1.29, 1.82) is 0 Å². The normalized spacial score (nSPS) is 16.6. The zero-order valence-electron chi connectivity index (χ0n) is 14.0. The minimum atomic E-state index is -0.454. The van der Waals surface area contributed by atoms with Crippen LogP contribution in [-0.2, 0) is 14.3 Å². The molecule has 0 unspecified atom stereocenters. The van der Waals surface area contributed by atoms with Gasteiger partial charge in [0.2, 0.25) is 12.7 Å². The molecule has 0 radical (unpaired) electrons. The summed E-state index contributed by atoms with van der Waals surface area (Å²) < 4.78 is 16.3. The molecule has 2 aromatic rings. The van der Waals surface area contributed by atoms with E-state index in [1.165, 1.54) is 14.0 Å². The van der Waals surface area contributed by atoms with Crippen LogP contribution in [0.5, 0.6) is 11.5 Å². The number of imide groups is 1. The van der Waals surface area contributed by atoms with Gasteiger partial charge in [-0.05, 0) is 30.3 Å². The molecule has 6 nitrogen and oxygen atoms in total. The highest BCUT2D eigenvalue weighted by Crippen LogP contribution is 2.43. The van der Waals surface area contributed by atoms with Crippen LogP contribution in [-0.4, -0.2) is 25.7 Å². The number of ether oxygens (including phenoxy) is 3.